The first-order chi connectivity index (χ1) is 8.63. The lowest BCUT2D eigenvalue weighted by Crippen LogP contribution is -2.15. The van der Waals surface area contributed by atoms with Gasteiger partial charge in [-0.2, -0.15) is 4.98 Å². The molecule has 2 N–H and O–H groups in total. The lowest BCUT2D eigenvalue weighted by molar-refractivity contribution is 0.396. The Balaban J connectivity index is 2.38. The van der Waals surface area contributed by atoms with Crippen LogP contribution in [0.3, 0.4) is 0 Å². The van der Waals surface area contributed by atoms with E-state index in [1.807, 2.05) is 21.0 Å². The van der Waals surface area contributed by atoms with Crippen molar-refractivity contribution in [3.8, 4) is 0 Å². The molecule has 0 amide bonds. The zero-order chi connectivity index (χ0) is 13.4. The van der Waals surface area contributed by atoms with E-state index in [1.54, 1.807) is 0 Å². The minimum Gasteiger partial charge on any atom is -0.367 e. The Kier molecular flexibility index (Phi) is 6.35. The van der Waals surface area contributed by atoms with Crippen LogP contribution in [0.5, 0.6) is 0 Å². The van der Waals surface area contributed by atoms with E-state index in [0.29, 0.717) is 19.0 Å². The highest BCUT2D eigenvalue weighted by Crippen LogP contribution is 2.11. The van der Waals surface area contributed by atoms with E-state index < -0.39 is 5.82 Å². The van der Waals surface area contributed by atoms with E-state index in [2.05, 4.69) is 25.5 Å². The summed E-state index contributed by atoms with van der Waals surface area (Å²) in [5, 5.41) is 5.96. The number of hydrogen-bond donors (Lipinski definition) is 2. The van der Waals surface area contributed by atoms with Crippen LogP contribution >= 0.6 is 0 Å². The topological polar surface area (TPSA) is 53.1 Å². The van der Waals surface area contributed by atoms with Gasteiger partial charge < -0.3 is 15.5 Å². The summed E-state index contributed by atoms with van der Waals surface area (Å²) in [6.45, 7) is 4.42. The Morgan fingerprint density at radius 2 is 2.06 bits per heavy atom. The maximum Gasteiger partial charge on any atom is 0.224 e. The third-order valence-corrected chi connectivity index (χ3v) is 2.40. The molecule has 1 rings (SSSR count). The molecule has 0 aliphatic carbocycles. The van der Waals surface area contributed by atoms with Crippen LogP contribution in [0.15, 0.2) is 6.20 Å². The lowest BCUT2D eigenvalue weighted by atomic mass is 10.3. The number of aromatic nitrogens is 2. The first-order valence-corrected chi connectivity index (χ1v) is 6.28. The van der Waals surface area contributed by atoms with Gasteiger partial charge in [-0.1, -0.05) is 0 Å². The fraction of sp³-hybridized carbons (Fsp3) is 0.667. The van der Waals surface area contributed by atoms with Crippen molar-refractivity contribution >= 4 is 11.8 Å². The fourth-order valence-electron chi connectivity index (χ4n) is 1.49. The normalized spacial score (nSPS) is 10.7. The summed E-state index contributed by atoms with van der Waals surface area (Å²) in [5.41, 5.74) is 0. The Bertz CT molecular complexity index is 356. The fourth-order valence-corrected chi connectivity index (χ4v) is 1.49. The molecule has 0 atom stereocenters. The van der Waals surface area contributed by atoms with Gasteiger partial charge in [0.05, 0.1) is 6.20 Å². The molecule has 18 heavy (non-hydrogen) atoms. The Labute approximate surface area is 108 Å². The third-order valence-electron chi connectivity index (χ3n) is 2.40. The number of unbranched alkanes of at least 4 members (excludes halogenated alkanes) is 1. The molecule has 102 valence electrons. The second-order valence-electron chi connectivity index (χ2n) is 4.36. The molecule has 0 fully saturated rings. The summed E-state index contributed by atoms with van der Waals surface area (Å²) in [6, 6.07) is 0. The number of rotatable bonds is 8. The first-order valence-electron chi connectivity index (χ1n) is 6.28. The molecule has 0 aliphatic heterocycles. The van der Waals surface area contributed by atoms with Crippen molar-refractivity contribution in [2.45, 2.75) is 19.8 Å². The van der Waals surface area contributed by atoms with Crippen molar-refractivity contribution in [1.29, 1.82) is 0 Å². The molecular formula is C12H22FN5. The van der Waals surface area contributed by atoms with Gasteiger partial charge in [-0.05, 0) is 40.4 Å². The molecule has 0 spiro atoms. The summed E-state index contributed by atoms with van der Waals surface area (Å²) in [7, 11) is 4.08. The Morgan fingerprint density at radius 1 is 1.28 bits per heavy atom. The average molecular weight is 255 g/mol. The molecule has 0 radical (unpaired) electrons. The monoisotopic (exact) mass is 255 g/mol. The zero-order valence-electron chi connectivity index (χ0n) is 11.3. The van der Waals surface area contributed by atoms with Gasteiger partial charge in [0.15, 0.2) is 11.6 Å². The second-order valence-corrected chi connectivity index (χ2v) is 4.36. The molecule has 0 saturated carbocycles. The number of nitrogens with zero attached hydrogens (tertiary/aromatic N) is 3. The van der Waals surface area contributed by atoms with Gasteiger partial charge in [-0.3, -0.25) is 0 Å². The van der Waals surface area contributed by atoms with Crippen LogP contribution in [0.2, 0.25) is 0 Å². The van der Waals surface area contributed by atoms with Crippen LogP contribution in [0.4, 0.5) is 16.2 Å². The molecule has 1 heterocycles. The van der Waals surface area contributed by atoms with Gasteiger partial charge in [-0.25, -0.2) is 9.37 Å². The molecule has 0 aliphatic rings. The Hall–Kier alpha value is -1.43. The standard InChI is InChI=1S/C12H22FN5/c1-4-14-12-16-9-10(13)11(17-12)15-7-5-6-8-18(2)3/h9H,4-8H2,1-3H3,(H2,14,15,16,17). The summed E-state index contributed by atoms with van der Waals surface area (Å²) < 4.78 is 13.4. The van der Waals surface area contributed by atoms with Crippen molar-refractivity contribution < 1.29 is 4.39 Å². The molecule has 6 heteroatoms. The number of anilines is 2. The quantitative estimate of drug-likeness (QED) is 0.694. The highest BCUT2D eigenvalue weighted by atomic mass is 19.1. The maximum absolute atomic E-state index is 13.4. The van der Waals surface area contributed by atoms with Crippen LogP contribution in [-0.4, -0.2) is 48.6 Å². The molecule has 0 unspecified atom stereocenters. The highest BCUT2D eigenvalue weighted by molar-refractivity contribution is 5.40. The molecular weight excluding hydrogens is 233 g/mol. The molecule has 5 nitrogen and oxygen atoms in total. The minimum absolute atomic E-state index is 0.269. The van der Waals surface area contributed by atoms with Crippen molar-refractivity contribution in [2.24, 2.45) is 0 Å². The van der Waals surface area contributed by atoms with Crippen LogP contribution in [-0.2, 0) is 0 Å². The molecule has 0 bridgehead atoms. The minimum atomic E-state index is -0.413. The van der Waals surface area contributed by atoms with Gasteiger partial charge in [0.25, 0.3) is 0 Å². The largest absolute Gasteiger partial charge is 0.367 e. The number of hydrogen-bond acceptors (Lipinski definition) is 5. The number of halogens is 1. The van der Waals surface area contributed by atoms with Crippen molar-refractivity contribution in [1.82, 2.24) is 14.9 Å². The van der Waals surface area contributed by atoms with Crippen LogP contribution in [0.25, 0.3) is 0 Å². The van der Waals surface area contributed by atoms with Gasteiger partial charge >= 0.3 is 0 Å². The van der Waals surface area contributed by atoms with Gasteiger partial charge in [0, 0.05) is 13.1 Å². The average Bonchev–Trinajstić information content (AvgIpc) is 2.32. The van der Waals surface area contributed by atoms with Crippen LogP contribution in [0, 0.1) is 5.82 Å². The van der Waals surface area contributed by atoms with E-state index in [0.717, 1.165) is 19.4 Å². The molecule has 1 aromatic heterocycles. The third kappa shape index (κ3) is 5.27. The van der Waals surface area contributed by atoms with Crippen LogP contribution < -0.4 is 10.6 Å². The predicted octanol–water partition coefficient (Wildman–Crippen LogP) is 1.80. The number of nitrogens with one attached hydrogen (secondary N) is 2. The van der Waals surface area contributed by atoms with E-state index >= 15 is 0 Å². The summed E-state index contributed by atoms with van der Waals surface area (Å²) >= 11 is 0. The summed E-state index contributed by atoms with van der Waals surface area (Å²) in [6.07, 6.45) is 3.25. The van der Waals surface area contributed by atoms with Crippen molar-refractivity contribution in [2.75, 3.05) is 44.4 Å². The zero-order valence-corrected chi connectivity index (χ0v) is 11.3. The highest BCUT2D eigenvalue weighted by Gasteiger charge is 2.05. The van der Waals surface area contributed by atoms with E-state index in [1.165, 1.54) is 6.20 Å². The van der Waals surface area contributed by atoms with Gasteiger partial charge in [-0.15, -0.1) is 0 Å². The second kappa shape index (κ2) is 7.81. The Morgan fingerprint density at radius 3 is 2.72 bits per heavy atom. The molecule has 0 aromatic carbocycles. The maximum atomic E-state index is 13.4. The first kappa shape index (κ1) is 14.6. The van der Waals surface area contributed by atoms with E-state index in [4.69, 9.17) is 0 Å². The van der Waals surface area contributed by atoms with Gasteiger partial charge in [0.1, 0.15) is 0 Å². The van der Waals surface area contributed by atoms with Crippen molar-refractivity contribution in [3.63, 3.8) is 0 Å². The van der Waals surface area contributed by atoms with Crippen molar-refractivity contribution in [3.05, 3.63) is 12.0 Å². The molecule has 0 saturated heterocycles. The van der Waals surface area contributed by atoms with Crippen LogP contribution in [0.1, 0.15) is 19.8 Å². The summed E-state index contributed by atoms with van der Waals surface area (Å²) in [5.74, 6) is 0.310. The summed E-state index contributed by atoms with van der Waals surface area (Å²) in [4.78, 5) is 10.1. The smallest absolute Gasteiger partial charge is 0.224 e. The molecule has 1 aromatic rings. The van der Waals surface area contributed by atoms with Gasteiger partial charge in [0.2, 0.25) is 5.95 Å². The SMILES string of the molecule is CCNc1ncc(F)c(NCCCCN(C)C)n1. The lowest BCUT2D eigenvalue weighted by Gasteiger charge is -2.10. The van der Waals surface area contributed by atoms with E-state index in [9.17, 15) is 4.39 Å². The predicted molar refractivity (Wildman–Crippen MR) is 72.4 cm³/mol. The van der Waals surface area contributed by atoms with E-state index in [-0.39, 0.29) is 5.82 Å².